The molecule has 2 aliphatic rings. The molecule has 0 spiro atoms. The zero-order valence-electron chi connectivity index (χ0n) is 17.8. The summed E-state index contributed by atoms with van der Waals surface area (Å²) in [6, 6.07) is 3.83. The maximum absolute atomic E-state index is 13.7. The smallest absolute Gasteiger partial charge is 0.279 e. The fourth-order valence-corrected chi connectivity index (χ4v) is 4.61. The molecule has 0 fully saturated rings. The third-order valence-corrected chi connectivity index (χ3v) is 5.83. The van der Waals surface area contributed by atoms with E-state index in [0.717, 1.165) is 41.1 Å². The summed E-state index contributed by atoms with van der Waals surface area (Å²) in [5.41, 5.74) is 4.47. The first-order valence-corrected chi connectivity index (χ1v) is 10.3. The Morgan fingerprint density at radius 1 is 1.28 bits per heavy atom. The molecule has 7 heteroatoms. The molecule has 4 rings (SSSR count). The highest BCUT2D eigenvalue weighted by Gasteiger charge is 2.36. The van der Waals surface area contributed by atoms with Gasteiger partial charge in [0, 0.05) is 31.1 Å². The van der Waals surface area contributed by atoms with Gasteiger partial charge in [0.1, 0.15) is 11.5 Å². The molecule has 29 heavy (non-hydrogen) atoms. The molecule has 0 saturated carbocycles. The number of rotatable bonds is 4. The summed E-state index contributed by atoms with van der Waals surface area (Å²) in [5, 5.41) is 4.71. The molecule has 0 bridgehead atoms. The van der Waals surface area contributed by atoms with Crippen LogP contribution in [0.15, 0.2) is 12.1 Å². The molecule has 2 aliphatic heterocycles. The molecule has 0 unspecified atom stereocenters. The summed E-state index contributed by atoms with van der Waals surface area (Å²) >= 11 is 0. The van der Waals surface area contributed by atoms with E-state index in [9.17, 15) is 4.79 Å². The van der Waals surface area contributed by atoms with Crippen molar-refractivity contribution in [3.63, 3.8) is 0 Å². The van der Waals surface area contributed by atoms with E-state index >= 15 is 0 Å². The maximum atomic E-state index is 13.7. The van der Waals surface area contributed by atoms with Crippen molar-refractivity contribution >= 4 is 11.6 Å². The SMILES string of the molecule is CCn1nc(C(=O)N2CCCc3cc(OC)cc(OC)c32)c2c1[C@H](C)O[C@H](C)C2. The molecule has 1 aromatic carbocycles. The highest BCUT2D eigenvalue weighted by atomic mass is 16.5. The molecule has 0 radical (unpaired) electrons. The highest BCUT2D eigenvalue weighted by molar-refractivity contribution is 6.07. The average molecular weight is 399 g/mol. The van der Waals surface area contributed by atoms with Gasteiger partial charge >= 0.3 is 0 Å². The van der Waals surface area contributed by atoms with Crippen molar-refractivity contribution in [1.82, 2.24) is 9.78 Å². The molecule has 7 nitrogen and oxygen atoms in total. The lowest BCUT2D eigenvalue weighted by molar-refractivity contribution is -0.00947. The lowest BCUT2D eigenvalue weighted by atomic mass is 9.97. The first-order valence-electron chi connectivity index (χ1n) is 10.3. The van der Waals surface area contributed by atoms with Crippen LogP contribution < -0.4 is 14.4 Å². The number of carbonyl (C=O) groups is 1. The normalized spacial score (nSPS) is 20.8. The minimum atomic E-state index is -0.0739. The summed E-state index contributed by atoms with van der Waals surface area (Å²) in [7, 11) is 3.27. The van der Waals surface area contributed by atoms with Gasteiger partial charge in [-0.25, -0.2) is 0 Å². The molecule has 0 N–H and O–H groups in total. The molecular weight excluding hydrogens is 370 g/mol. The van der Waals surface area contributed by atoms with Crippen molar-refractivity contribution in [3.8, 4) is 11.5 Å². The van der Waals surface area contributed by atoms with E-state index in [1.165, 1.54) is 0 Å². The van der Waals surface area contributed by atoms with Gasteiger partial charge in [0.05, 0.1) is 37.8 Å². The number of benzene rings is 1. The number of nitrogens with zero attached hydrogens (tertiary/aromatic N) is 3. The summed E-state index contributed by atoms with van der Waals surface area (Å²) in [4.78, 5) is 15.5. The van der Waals surface area contributed by atoms with Gasteiger partial charge in [-0.05, 0) is 45.2 Å². The van der Waals surface area contributed by atoms with Crippen LogP contribution in [-0.2, 0) is 24.1 Å². The fraction of sp³-hybridized carbons (Fsp3) is 0.545. The van der Waals surface area contributed by atoms with E-state index in [-0.39, 0.29) is 18.1 Å². The summed E-state index contributed by atoms with van der Waals surface area (Å²) in [6.45, 7) is 7.46. The number of hydrogen-bond donors (Lipinski definition) is 0. The first-order chi connectivity index (χ1) is 14.0. The number of anilines is 1. The van der Waals surface area contributed by atoms with Crippen LogP contribution in [0.25, 0.3) is 0 Å². The van der Waals surface area contributed by atoms with Crippen molar-refractivity contribution in [3.05, 3.63) is 34.6 Å². The van der Waals surface area contributed by atoms with Crippen LogP contribution in [0.3, 0.4) is 0 Å². The van der Waals surface area contributed by atoms with E-state index in [4.69, 9.17) is 19.3 Å². The molecule has 1 amide bonds. The van der Waals surface area contributed by atoms with Gasteiger partial charge in [0.2, 0.25) is 0 Å². The molecule has 2 atom stereocenters. The van der Waals surface area contributed by atoms with Gasteiger partial charge in [-0.3, -0.25) is 9.48 Å². The van der Waals surface area contributed by atoms with Crippen LogP contribution >= 0.6 is 0 Å². The lowest BCUT2D eigenvalue weighted by Gasteiger charge is -2.31. The summed E-state index contributed by atoms with van der Waals surface area (Å²) in [6.07, 6.45) is 2.46. The number of ether oxygens (including phenoxy) is 3. The molecular formula is C22H29N3O4. The van der Waals surface area contributed by atoms with Crippen LogP contribution in [0.5, 0.6) is 11.5 Å². The minimum absolute atomic E-state index is 0.0611. The monoisotopic (exact) mass is 399 g/mol. The Morgan fingerprint density at radius 3 is 2.76 bits per heavy atom. The number of methoxy groups -OCH3 is 2. The summed E-state index contributed by atoms with van der Waals surface area (Å²) in [5.74, 6) is 1.32. The van der Waals surface area contributed by atoms with Gasteiger partial charge in [0.15, 0.2) is 5.69 Å². The number of carbonyl (C=O) groups excluding carboxylic acids is 1. The largest absolute Gasteiger partial charge is 0.497 e. The van der Waals surface area contributed by atoms with Crippen LogP contribution in [-0.4, -0.2) is 42.6 Å². The molecule has 3 heterocycles. The number of aryl methyl sites for hydroxylation is 2. The van der Waals surface area contributed by atoms with Crippen molar-refractivity contribution in [1.29, 1.82) is 0 Å². The van der Waals surface area contributed by atoms with E-state index in [1.807, 2.05) is 42.5 Å². The topological polar surface area (TPSA) is 65.8 Å². The number of hydrogen-bond acceptors (Lipinski definition) is 5. The van der Waals surface area contributed by atoms with Crippen molar-refractivity contribution in [2.24, 2.45) is 0 Å². The lowest BCUT2D eigenvalue weighted by Crippen LogP contribution is -2.37. The Balaban J connectivity index is 1.80. The third kappa shape index (κ3) is 3.27. The zero-order valence-corrected chi connectivity index (χ0v) is 17.8. The standard InChI is InChI=1S/C22H29N3O4/c1-6-25-20-14(3)29-13(2)10-17(20)19(23-25)22(26)24-9-7-8-15-11-16(27-4)12-18(28-5)21(15)24/h11-14H,6-10H2,1-5H3/t13-,14+/m1/s1. The Bertz CT molecular complexity index is 919. The van der Waals surface area contributed by atoms with E-state index in [2.05, 4.69) is 0 Å². The van der Waals surface area contributed by atoms with Crippen molar-refractivity contribution in [2.75, 3.05) is 25.7 Å². The Morgan fingerprint density at radius 2 is 2.07 bits per heavy atom. The summed E-state index contributed by atoms with van der Waals surface area (Å²) < 4.78 is 18.9. The second kappa shape index (κ2) is 7.71. The van der Waals surface area contributed by atoms with Gasteiger partial charge < -0.3 is 19.1 Å². The van der Waals surface area contributed by atoms with Gasteiger partial charge in [0.25, 0.3) is 5.91 Å². The van der Waals surface area contributed by atoms with Crippen molar-refractivity contribution in [2.45, 2.75) is 58.8 Å². The zero-order chi connectivity index (χ0) is 20.7. The second-order valence-electron chi connectivity index (χ2n) is 7.72. The van der Waals surface area contributed by atoms with E-state index < -0.39 is 0 Å². The van der Waals surface area contributed by atoms with Crippen molar-refractivity contribution < 1.29 is 19.0 Å². The second-order valence-corrected chi connectivity index (χ2v) is 7.72. The van der Waals surface area contributed by atoms with Gasteiger partial charge in [-0.1, -0.05) is 0 Å². The number of fused-ring (bicyclic) bond motifs is 2. The maximum Gasteiger partial charge on any atom is 0.279 e. The van der Waals surface area contributed by atoms with Crippen LogP contribution in [0, 0.1) is 0 Å². The first kappa shape index (κ1) is 19.8. The van der Waals surface area contributed by atoms with E-state index in [1.54, 1.807) is 14.2 Å². The Hall–Kier alpha value is -2.54. The third-order valence-electron chi connectivity index (χ3n) is 5.83. The predicted molar refractivity (Wildman–Crippen MR) is 110 cm³/mol. The quantitative estimate of drug-likeness (QED) is 0.787. The fourth-order valence-electron chi connectivity index (χ4n) is 4.61. The molecule has 0 aliphatic carbocycles. The minimum Gasteiger partial charge on any atom is -0.497 e. The van der Waals surface area contributed by atoms with E-state index in [0.29, 0.717) is 31.0 Å². The molecule has 2 aromatic rings. The molecule has 0 saturated heterocycles. The predicted octanol–water partition coefficient (Wildman–Crippen LogP) is 3.54. The number of amides is 1. The van der Waals surface area contributed by atoms with Gasteiger partial charge in [-0.2, -0.15) is 5.10 Å². The average Bonchev–Trinajstić information content (AvgIpc) is 3.10. The highest BCUT2D eigenvalue weighted by Crippen LogP contribution is 2.41. The Labute approximate surface area is 171 Å². The van der Waals surface area contributed by atoms with Crippen LogP contribution in [0.1, 0.15) is 60.6 Å². The Kier molecular flexibility index (Phi) is 5.25. The van der Waals surface area contributed by atoms with Crippen LogP contribution in [0.4, 0.5) is 5.69 Å². The number of aromatic nitrogens is 2. The van der Waals surface area contributed by atoms with Gasteiger partial charge in [-0.15, -0.1) is 0 Å². The molecule has 1 aromatic heterocycles. The van der Waals surface area contributed by atoms with Crippen LogP contribution in [0.2, 0.25) is 0 Å². The molecule has 156 valence electrons.